The molecule has 0 bridgehead atoms. The van der Waals surface area contributed by atoms with Crippen molar-refractivity contribution < 1.29 is 14.3 Å². The molecule has 3 rings (SSSR count). The summed E-state index contributed by atoms with van der Waals surface area (Å²) in [4.78, 5) is 24.7. The number of ketones is 1. The average molecular weight is 373 g/mol. The molecule has 28 heavy (non-hydrogen) atoms. The maximum absolute atomic E-state index is 12.4. The molecule has 0 fully saturated rings. The first-order valence-corrected chi connectivity index (χ1v) is 9.14. The number of hydrogen-bond donors (Lipinski definition) is 1. The van der Waals surface area contributed by atoms with Gasteiger partial charge in [-0.05, 0) is 73.9 Å². The van der Waals surface area contributed by atoms with Crippen LogP contribution in [0.1, 0.15) is 37.4 Å². The van der Waals surface area contributed by atoms with E-state index in [0.717, 1.165) is 16.7 Å². The zero-order valence-corrected chi connectivity index (χ0v) is 16.3. The highest BCUT2D eigenvalue weighted by molar-refractivity contribution is 6.05. The van der Waals surface area contributed by atoms with E-state index in [1.54, 1.807) is 30.3 Å². The van der Waals surface area contributed by atoms with Crippen molar-refractivity contribution in [2.24, 2.45) is 0 Å². The van der Waals surface area contributed by atoms with E-state index in [4.69, 9.17) is 4.74 Å². The molecule has 4 heteroatoms. The van der Waals surface area contributed by atoms with Crippen LogP contribution in [-0.4, -0.2) is 18.3 Å². The summed E-state index contributed by atoms with van der Waals surface area (Å²) in [6.07, 6.45) is 0. The molecule has 1 N–H and O–H groups in total. The maximum atomic E-state index is 12.4. The Labute approximate surface area is 165 Å². The van der Waals surface area contributed by atoms with Crippen LogP contribution < -0.4 is 10.1 Å². The molecule has 0 spiro atoms. The van der Waals surface area contributed by atoms with Crippen molar-refractivity contribution in [3.63, 3.8) is 0 Å². The summed E-state index contributed by atoms with van der Waals surface area (Å²) < 4.78 is 5.59. The van der Waals surface area contributed by atoms with Gasteiger partial charge in [0.05, 0.1) is 0 Å². The smallest absolute Gasteiger partial charge is 0.255 e. The van der Waals surface area contributed by atoms with E-state index in [0.29, 0.717) is 22.6 Å². The minimum atomic E-state index is -0.156. The second kappa shape index (κ2) is 8.53. The molecular weight excluding hydrogens is 350 g/mol. The Morgan fingerprint density at radius 3 is 2.21 bits per heavy atom. The third kappa shape index (κ3) is 4.65. The van der Waals surface area contributed by atoms with Crippen LogP contribution in [0.25, 0.3) is 0 Å². The second-order valence-corrected chi connectivity index (χ2v) is 6.80. The van der Waals surface area contributed by atoms with Gasteiger partial charge in [0, 0.05) is 16.8 Å². The molecule has 0 heterocycles. The Balaban J connectivity index is 1.58. The third-order valence-electron chi connectivity index (χ3n) is 4.70. The van der Waals surface area contributed by atoms with Crippen LogP contribution in [0.2, 0.25) is 0 Å². The van der Waals surface area contributed by atoms with E-state index >= 15 is 0 Å². The summed E-state index contributed by atoms with van der Waals surface area (Å²) in [5.74, 6) is 0.350. The van der Waals surface area contributed by atoms with Gasteiger partial charge in [0.25, 0.3) is 5.91 Å². The molecule has 0 unspecified atom stereocenters. The fourth-order valence-corrected chi connectivity index (χ4v) is 2.81. The first-order valence-electron chi connectivity index (χ1n) is 9.14. The zero-order valence-electron chi connectivity index (χ0n) is 16.3. The van der Waals surface area contributed by atoms with Crippen LogP contribution >= 0.6 is 0 Å². The Kier molecular flexibility index (Phi) is 5.90. The topological polar surface area (TPSA) is 55.4 Å². The molecule has 0 saturated heterocycles. The van der Waals surface area contributed by atoms with Gasteiger partial charge in [0.15, 0.2) is 12.4 Å². The lowest BCUT2D eigenvalue weighted by Gasteiger charge is -2.10. The molecule has 0 aliphatic carbocycles. The fourth-order valence-electron chi connectivity index (χ4n) is 2.81. The van der Waals surface area contributed by atoms with Crippen molar-refractivity contribution in [2.75, 3.05) is 11.9 Å². The number of benzene rings is 3. The molecule has 0 atom stereocenters. The van der Waals surface area contributed by atoms with Gasteiger partial charge in [-0.2, -0.15) is 0 Å². The van der Waals surface area contributed by atoms with Crippen LogP contribution in [0.5, 0.6) is 5.75 Å². The molecule has 0 radical (unpaired) electrons. The molecule has 3 aromatic rings. The number of hydrogen-bond acceptors (Lipinski definition) is 3. The number of amides is 1. The van der Waals surface area contributed by atoms with E-state index in [2.05, 4.69) is 5.32 Å². The normalized spacial score (nSPS) is 10.4. The van der Waals surface area contributed by atoms with Gasteiger partial charge in [-0.25, -0.2) is 0 Å². The molecule has 0 saturated carbocycles. The van der Waals surface area contributed by atoms with Crippen molar-refractivity contribution in [3.05, 3.63) is 94.5 Å². The number of carbonyl (C=O) groups is 2. The first-order chi connectivity index (χ1) is 13.4. The molecule has 0 aliphatic rings. The molecule has 0 aliphatic heterocycles. The lowest BCUT2D eigenvalue weighted by molar-refractivity contribution is 0.0921. The summed E-state index contributed by atoms with van der Waals surface area (Å²) in [6, 6.07) is 20.1. The van der Waals surface area contributed by atoms with Crippen molar-refractivity contribution in [3.8, 4) is 5.75 Å². The molecule has 4 nitrogen and oxygen atoms in total. The summed E-state index contributed by atoms with van der Waals surface area (Å²) in [5, 5.41) is 2.87. The predicted octanol–water partition coefficient (Wildman–Crippen LogP) is 5.13. The molecule has 1 amide bonds. The number of Topliss-reactive ketones (excluding diaryl/α,β-unsaturated/α-hetero) is 1. The SMILES string of the molecule is Cc1ccc(C(=O)COc2ccc(NC(=O)c3ccccc3C)cc2)cc1C. The Morgan fingerprint density at radius 1 is 0.821 bits per heavy atom. The maximum Gasteiger partial charge on any atom is 0.255 e. The average Bonchev–Trinajstić information content (AvgIpc) is 2.69. The van der Waals surface area contributed by atoms with Crippen molar-refractivity contribution >= 4 is 17.4 Å². The van der Waals surface area contributed by atoms with Crippen molar-refractivity contribution in [1.82, 2.24) is 0 Å². The highest BCUT2D eigenvalue weighted by atomic mass is 16.5. The van der Waals surface area contributed by atoms with E-state index in [-0.39, 0.29) is 18.3 Å². The number of aryl methyl sites for hydroxylation is 3. The highest BCUT2D eigenvalue weighted by Gasteiger charge is 2.10. The van der Waals surface area contributed by atoms with Crippen LogP contribution in [0.15, 0.2) is 66.7 Å². The number of carbonyl (C=O) groups excluding carboxylic acids is 2. The lowest BCUT2D eigenvalue weighted by Crippen LogP contribution is -2.13. The van der Waals surface area contributed by atoms with Gasteiger partial charge in [0.1, 0.15) is 5.75 Å². The largest absolute Gasteiger partial charge is 0.485 e. The van der Waals surface area contributed by atoms with Crippen LogP contribution in [-0.2, 0) is 0 Å². The van der Waals surface area contributed by atoms with E-state index in [1.165, 1.54) is 0 Å². The number of rotatable bonds is 6. The Hall–Kier alpha value is -3.40. The second-order valence-electron chi connectivity index (χ2n) is 6.80. The van der Waals surface area contributed by atoms with Gasteiger partial charge in [-0.3, -0.25) is 9.59 Å². The monoisotopic (exact) mass is 373 g/mol. The minimum absolute atomic E-state index is 0.0303. The number of nitrogens with one attached hydrogen (secondary N) is 1. The van der Waals surface area contributed by atoms with Crippen LogP contribution in [0, 0.1) is 20.8 Å². The summed E-state index contributed by atoms with van der Waals surface area (Å²) >= 11 is 0. The first kappa shape index (κ1) is 19.4. The molecular formula is C24H23NO3. The number of ether oxygens (including phenoxy) is 1. The lowest BCUT2D eigenvalue weighted by atomic mass is 10.0. The fraction of sp³-hybridized carbons (Fsp3) is 0.167. The molecule has 3 aromatic carbocycles. The van der Waals surface area contributed by atoms with Crippen molar-refractivity contribution in [1.29, 1.82) is 0 Å². The zero-order chi connectivity index (χ0) is 20.1. The van der Waals surface area contributed by atoms with Gasteiger partial charge in [0.2, 0.25) is 0 Å². The quantitative estimate of drug-likeness (QED) is 0.610. The van der Waals surface area contributed by atoms with E-state index in [1.807, 2.05) is 57.2 Å². The van der Waals surface area contributed by atoms with E-state index < -0.39 is 0 Å². The van der Waals surface area contributed by atoms with Crippen LogP contribution in [0.4, 0.5) is 5.69 Å². The van der Waals surface area contributed by atoms with Crippen LogP contribution in [0.3, 0.4) is 0 Å². The summed E-state index contributed by atoms with van der Waals surface area (Å²) in [6.45, 7) is 5.87. The minimum Gasteiger partial charge on any atom is -0.485 e. The van der Waals surface area contributed by atoms with Gasteiger partial charge >= 0.3 is 0 Å². The van der Waals surface area contributed by atoms with Gasteiger partial charge < -0.3 is 10.1 Å². The Bertz CT molecular complexity index is 1010. The molecule has 142 valence electrons. The van der Waals surface area contributed by atoms with E-state index in [9.17, 15) is 9.59 Å². The summed E-state index contributed by atoms with van der Waals surface area (Å²) in [7, 11) is 0. The Morgan fingerprint density at radius 2 is 1.54 bits per heavy atom. The number of anilines is 1. The standard InChI is InChI=1S/C24H23NO3/c1-16-8-9-19(14-18(16)3)23(26)15-28-21-12-10-20(11-13-21)25-24(27)22-7-5-4-6-17(22)2/h4-14H,15H2,1-3H3,(H,25,27). The molecule has 0 aromatic heterocycles. The van der Waals surface area contributed by atoms with Gasteiger partial charge in [-0.15, -0.1) is 0 Å². The summed E-state index contributed by atoms with van der Waals surface area (Å²) in [5.41, 5.74) is 5.11. The van der Waals surface area contributed by atoms with Gasteiger partial charge in [-0.1, -0.05) is 30.3 Å². The predicted molar refractivity (Wildman–Crippen MR) is 111 cm³/mol. The highest BCUT2D eigenvalue weighted by Crippen LogP contribution is 2.18. The van der Waals surface area contributed by atoms with Crippen molar-refractivity contribution in [2.45, 2.75) is 20.8 Å². The third-order valence-corrected chi connectivity index (χ3v) is 4.70.